The van der Waals surface area contributed by atoms with Gasteiger partial charge >= 0.3 is 0 Å². The number of hydrazine groups is 1. The fourth-order valence-corrected chi connectivity index (χ4v) is 3.60. The van der Waals surface area contributed by atoms with Crippen molar-refractivity contribution in [3.05, 3.63) is 76.3 Å². The number of rotatable bonds is 6. The second-order valence-corrected chi connectivity index (χ2v) is 8.03. The Kier molecular flexibility index (Phi) is 7.97. The molecule has 160 valence electrons. The first-order chi connectivity index (χ1) is 15.0. The van der Waals surface area contributed by atoms with Gasteiger partial charge in [-0.15, -0.1) is 0 Å². The number of hydrogen-bond donors (Lipinski definition) is 3. The van der Waals surface area contributed by atoms with Gasteiger partial charge in [-0.25, -0.2) is 0 Å². The van der Waals surface area contributed by atoms with Gasteiger partial charge in [-0.3, -0.25) is 25.8 Å². The molecule has 0 aliphatic heterocycles. The van der Waals surface area contributed by atoms with Crippen LogP contribution in [-0.4, -0.2) is 23.5 Å². The number of benzene rings is 3. The van der Waals surface area contributed by atoms with E-state index in [4.69, 9.17) is 17.0 Å². The Morgan fingerprint density at radius 3 is 2.58 bits per heavy atom. The lowest BCUT2D eigenvalue weighted by molar-refractivity contribution is -0.121. The van der Waals surface area contributed by atoms with Gasteiger partial charge in [0.1, 0.15) is 5.75 Å². The van der Waals surface area contributed by atoms with Crippen LogP contribution >= 0.6 is 28.1 Å². The number of carbonyl (C=O) groups is 2. The fraction of sp³-hybridized carbons (Fsp3) is 0.174. The molecule has 0 fully saturated rings. The van der Waals surface area contributed by atoms with Crippen molar-refractivity contribution in [2.45, 2.75) is 19.8 Å². The minimum Gasteiger partial charge on any atom is -0.492 e. The fourth-order valence-electron chi connectivity index (χ4n) is 2.97. The number of fused-ring (bicyclic) bond motifs is 1. The summed E-state index contributed by atoms with van der Waals surface area (Å²) in [5.74, 6) is -0.00327. The summed E-state index contributed by atoms with van der Waals surface area (Å²) in [5.41, 5.74) is 6.40. The van der Waals surface area contributed by atoms with Crippen molar-refractivity contribution in [2.24, 2.45) is 0 Å². The van der Waals surface area contributed by atoms with Gasteiger partial charge in [0.2, 0.25) is 5.91 Å². The molecule has 3 aromatic rings. The van der Waals surface area contributed by atoms with E-state index in [0.29, 0.717) is 22.4 Å². The van der Waals surface area contributed by atoms with Crippen LogP contribution in [0.1, 0.15) is 29.3 Å². The van der Waals surface area contributed by atoms with Crippen LogP contribution in [0.3, 0.4) is 0 Å². The monoisotopic (exact) mass is 499 g/mol. The molecular formula is C23H22BrN3O3S. The highest BCUT2D eigenvalue weighted by Gasteiger charge is 2.12. The Bertz CT molecular complexity index is 1110. The Morgan fingerprint density at radius 1 is 1.03 bits per heavy atom. The highest BCUT2D eigenvalue weighted by Crippen LogP contribution is 2.26. The van der Waals surface area contributed by atoms with Crippen LogP contribution in [0.2, 0.25) is 0 Å². The van der Waals surface area contributed by atoms with Gasteiger partial charge in [0, 0.05) is 5.56 Å². The summed E-state index contributed by atoms with van der Waals surface area (Å²) in [6.45, 7) is 2.61. The third-order valence-electron chi connectivity index (χ3n) is 4.43. The average Bonchev–Trinajstić information content (AvgIpc) is 2.77. The standard InChI is InChI=1S/C23H22BrN3O3S/c1-2-12-30-20-11-10-17(13-19(20)24)22(29)25-23(31)27-26-21(28)14-16-8-5-7-15-6-3-4-9-18(15)16/h3-11,13H,2,12,14H2,1H3,(H,26,28)(H2,25,27,29,31). The summed E-state index contributed by atoms with van der Waals surface area (Å²) in [5, 5.41) is 4.63. The zero-order valence-electron chi connectivity index (χ0n) is 16.9. The van der Waals surface area contributed by atoms with E-state index in [2.05, 4.69) is 32.1 Å². The molecule has 0 bridgehead atoms. The summed E-state index contributed by atoms with van der Waals surface area (Å²) >= 11 is 8.51. The Balaban J connectivity index is 1.52. The predicted octanol–water partition coefficient (Wildman–Crippen LogP) is 4.27. The van der Waals surface area contributed by atoms with Crippen molar-refractivity contribution in [3.63, 3.8) is 0 Å². The first-order valence-corrected chi connectivity index (χ1v) is 11.0. The molecule has 0 aliphatic rings. The van der Waals surface area contributed by atoms with Crippen molar-refractivity contribution in [2.75, 3.05) is 6.61 Å². The van der Waals surface area contributed by atoms with Crippen molar-refractivity contribution in [1.82, 2.24) is 16.2 Å². The maximum absolute atomic E-state index is 12.4. The Morgan fingerprint density at radius 2 is 1.81 bits per heavy atom. The number of nitrogens with one attached hydrogen (secondary N) is 3. The maximum Gasteiger partial charge on any atom is 0.257 e. The molecule has 3 N–H and O–H groups in total. The SMILES string of the molecule is CCCOc1ccc(C(=O)NC(=S)NNC(=O)Cc2cccc3ccccc23)cc1Br. The smallest absolute Gasteiger partial charge is 0.257 e. The molecule has 3 aromatic carbocycles. The van der Waals surface area contributed by atoms with Crippen molar-refractivity contribution < 1.29 is 14.3 Å². The van der Waals surface area contributed by atoms with Crippen LogP contribution in [0, 0.1) is 0 Å². The number of ether oxygens (including phenoxy) is 1. The van der Waals surface area contributed by atoms with E-state index in [1.165, 1.54) is 0 Å². The minimum atomic E-state index is -0.399. The molecule has 0 aliphatic carbocycles. The molecule has 2 amide bonds. The van der Waals surface area contributed by atoms with Gasteiger partial charge in [0.15, 0.2) is 5.11 Å². The van der Waals surface area contributed by atoms with Gasteiger partial charge in [0.25, 0.3) is 5.91 Å². The molecule has 0 saturated heterocycles. The molecule has 8 heteroatoms. The first kappa shape index (κ1) is 22.7. The highest BCUT2D eigenvalue weighted by atomic mass is 79.9. The lowest BCUT2D eigenvalue weighted by Crippen LogP contribution is -2.48. The molecule has 0 unspecified atom stereocenters. The lowest BCUT2D eigenvalue weighted by atomic mass is 10.0. The van der Waals surface area contributed by atoms with Gasteiger partial charge in [-0.2, -0.15) is 0 Å². The number of carbonyl (C=O) groups excluding carboxylic acids is 2. The first-order valence-electron chi connectivity index (χ1n) is 9.77. The quantitative estimate of drug-likeness (QED) is 0.348. The lowest BCUT2D eigenvalue weighted by Gasteiger charge is -2.12. The van der Waals surface area contributed by atoms with Crippen molar-refractivity contribution >= 4 is 55.8 Å². The van der Waals surface area contributed by atoms with E-state index in [-0.39, 0.29) is 17.4 Å². The number of amides is 2. The average molecular weight is 500 g/mol. The summed E-state index contributed by atoms with van der Waals surface area (Å²) in [6.07, 6.45) is 1.07. The molecule has 0 radical (unpaired) electrons. The van der Waals surface area contributed by atoms with Gasteiger partial charge in [-0.1, -0.05) is 49.4 Å². The molecule has 31 heavy (non-hydrogen) atoms. The van der Waals surface area contributed by atoms with Crippen LogP contribution in [0.5, 0.6) is 5.75 Å². The van der Waals surface area contributed by atoms with Crippen LogP contribution in [0.15, 0.2) is 65.1 Å². The number of hydrogen-bond acceptors (Lipinski definition) is 4. The van der Waals surface area contributed by atoms with Crippen LogP contribution in [0.25, 0.3) is 10.8 Å². The molecule has 0 heterocycles. The van der Waals surface area contributed by atoms with E-state index in [1.54, 1.807) is 18.2 Å². The predicted molar refractivity (Wildman–Crippen MR) is 129 cm³/mol. The van der Waals surface area contributed by atoms with Crippen LogP contribution < -0.4 is 20.9 Å². The summed E-state index contributed by atoms with van der Waals surface area (Å²) in [7, 11) is 0. The molecule has 0 spiro atoms. The Hall–Kier alpha value is -2.97. The highest BCUT2D eigenvalue weighted by molar-refractivity contribution is 9.10. The maximum atomic E-state index is 12.4. The largest absolute Gasteiger partial charge is 0.492 e. The molecule has 0 saturated carbocycles. The van der Waals surface area contributed by atoms with E-state index in [9.17, 15) is 9.59 Å². The summed E-state index contributed by atoms with van der Waals surface area (Å²) in [4.78, 5) is 24.7. The van der Waals surface area contributed by atoms with E-state index >= 15 is 0 Å². The third-order valence-corrected chi connectivity index (χ3v) is 5.25. The number of halogens is 1. The topological polar surface area (TPSA) is 79.5 Å². The third kappa shape index (κ3) is 6.26. The molecule has 0 aromatic heterocycles. The van der Waals surface area contributed by atoms with Crippen molar-refractivity contribution in [1.29, 1.82) is 0 Å². The molecule has 3 rings (SSSR count). The summed E-state index contributed by atoms with van der Waals surface area (Å²) in [6, 6.07) is 18.7. The van der Waals surface area contributed by atoms with Crippen molar-refractivity contribution in [3.8, 4) is 5.75 Å². The van der Waals surface area contributed by atoms with E-state index < -0.39 is 5.91 Å². The molecule has 6 nitrogen and oxygen atoms in total. The van der Waals surface area contributed by atoms with E-state index in [1.807, 2.05) is 49.4 Å². The summed E-state index contributed by atoms with van der Waals surface area (Å²) < 4.78 is 6.25. The second kappa shape index (κ2) is 10.9. The van der Waals surface area contributed by atoms with Gasteiger partial charge < -0.3 is 4.74 Å². The van der Waals surface area contributed by atoms with Gasteiger partial charge in [0.05, 0.1) is 17.5 Å². The van der Waals surface area contributed by atoms with Crippen LogP contribution in [-0.2, 0) is 11.2 Å². The zero-order valence-corrected chi connectivity index (χ0v) is 19.3. The number of thiocarbonyl (C=S) groups is 1. The molecular weight excluding hydrogens is 478 g/mol. The van der Waals surface area contributed by atoms with E-state index in [0.717, 1.165) is 22.8 Å². The van der Waals surface area contributed by atoms with Crippen LogP contribution in [0.4, 0.5) is 0 Å². The molecule has 0 atom stereocenters. The Labute approximate surface area is 194 Å². The minimum absolute atomic E-state index is 0.00120. The second-order valence-electron chi connectivity index (χ2n) is 6.77. The van der Waals surface area contributed by atoms with Gasteiger partial charge in [-0.05, 0) is 69.1 Å². The normalized spacial score (nSPS) is 10.4. The zero-order chi connectivity index (χ0) is 22.2.